The molecular formula is C17H23N3O. The first kappa shape index (κ1) is 15.4. The first-order chi connectivity index (χ1) is 9.77. The van der Waals surface area contributed by atoms with Gasteiger partial charge in [0.2, 0.25) is 5.91 Å². The monoisotopic (exact) mass is 285 g/mol. The zero-order valence-corrected chi connectivity index (χ0v) is 13.5. The number of fused-ring (bicyclic) bond motifs is 1. The predicted molar refractivity (Wildman–Crippen MR) is 85.5 cm³/mol. The van der Waals surface area contributed by atoms with Gasteiger partial charge in [-0.2, -0.15) is 5.26 Å². The van der Waals surface area contributed by atoms with Crippen LogP contribution in [0.1, 0.15) is 43.0 Å². The molecule has 2 N–H and O–H groups in total. The number of carbonyl (C=O) groups is 1. The topological polar surface area (TPSA) is 64.9 Å². The van der Waals surface area contributed by atoms with Crippen molar-refractivity contribution in [3.8, 4) is 6.07 Å². The molecule has 4 nitrogen and oxygen atoms in total. The molecule has 112 valence electrons. The summed E-state index contributed by atoms with van der Waals surface area (Å²) in [5.41, 5.74) is 5.89. The highest BCUT2D eigenvalue weighted by atomic mass is 16.2. The molecule has 0 aliphatic carbocycles. The van der Waals surface area contributed by atoms with Crippen LogP contribution in [-0.4, -0.2) is 12.5 Å². The molecule has 0 fully saturated rings. The highest BCUT2D eigenvalue weighted by Gasteiger charge is 2.27. The van der Waals surface area contributed by atoms with Crippen molar-refractivity contribution in [1.29, 1.82) is 5.26 Å². The Morgan fingerprint density at radius 1 is 1.33 bits per heavy atom. The molecule has 0 atom stereocenters. The number of carbonyl (C=O) groups excluding carboxylic acids is 1. The first-order valence-electron chi connectivity index (χ1n) is 7.34. The standard InChI is InChI=1S/C17H23N3O/c1-10-12(6-8-18)11(2)14(15-13(10)7-9-19-15)20-16(21)17(3,4)5/h19H,6-7,9H2,1-5H3,(H,20,21). The molecule has 0 aromatic heterocycles. The number of benzene rings is 1. The fraction of sp³-hybridized carbons (Fsp3) is 0.529. The Hall–Kier alpha value is -2.02. The van der Waals surface area contributed by atoms with Crippen molar-refractivity contribution in [1.82, 2.24) is 0 Å². The Morgan fingerprint density at radius 2 is 2.00 bits per heavy atom. The molecule has 1 aliphatic heterocycles. The van der Waals surface area contributed by atoms with Crippen LogP contribution >= 0.6 is 0 Å². The molecule has 1 amide bonds. The van der Waals surface area contributed by atoms with Gasteiger partial charge in [-0.25, -0.2) is 0 Å². The summed E-state index contributed by atoms with van der Waals surface area (Å²) in [7, 11) is 0. The molecule has 0 radical (unpaired) electrons. The molecule has 0 saturated carbocycles. The fourth-order valence-electron chi connectivity index (χ4n) is 2.76. The zero-order chi connectivity index (χ0) is 15.8. The number of rotatable bonds is 2. The minimum absolute atomic E-state index is 0.00624. The first-order valence-corrected chi connectivity index (χ1v) is 7.34. The number of nitriles is 1. The average molecular weight is 285 g/mol. The lowest BCUT2D eigenvalue weighted by Gasteiger charge is -2.23. The second-order valence-electron chi connectivity index (χ2n) is 6.67. The van der Waals surface area contributed by atoms with Crippen LogP contribution in [-0.2, 0) is 17.6 Å². The molecule has 0 unspecified atom stereocenters. The Labute approximate surface area is 126 Å². The van der Waals surface area contributed by atoms with E-state index < -0.39 is 5.41 Å². The van der Waals surface area contributed by atoms with Crippen molar-refractivity contribution < 1.29 is 4.79 Å². The van der Waals surface area contributed by atoms with Gasteiger partial charge in [0.15, 0.2) is 0 Å². The fourth-order valence-corrected chi connectivity index (χ4v) is 2.76. The summed E-state index contributed by atoms with van der Waals surface area (Å²) in [6.07, 6.45) is 1.32. The quantitative estimate of drug-likeness (QED) is 0.876. The highest BCUT2D eigenvalue weighted by molar-refractivity contribution is 5.99. The third-order valence-electron chi connectivity index (χ3n) is 4.14. The van der Waals surface area contributed by atoms with Gasteiger partial charge < -0.3 is 10.6 Å². The summed E-state index contributed by atoms with van der Waals surface area (Å²) in [5.74, 6) is -0.00624. The summed E-state index contributed by atoms with van der Waals surface area (Å²) < 4.78 is 0. The van der Waals surface area contributed by atoms with Gasteiger partial charge in [-0.05, 0) is 42.5 Å². The van der Waals surface area contributed by atoms with Crippen LogP contribution in [0.25, 0.3) is 0 Å². The lowest BCUT2D eigenvalue weighted by atomic mass is 9.91. The van der Waals surface area contributed by atoms with Crippen molar-refractivity contribution >= 4 is 17.3 Å². The summed E-state index contributed by atoms with van der Waals surface area (Å²) in [5, 5.41) is 15.5. The van der Waals surface area contributed by atoms with Gasteiger partial charge in [-0.3, -0.25) is 4.79 Å². The van der Waals surface area contributed by atoms with Crippen LogP contribution in [0.3, 0.4) is 0 Å². The number of amides is 1. The van der Waals surface area contributed by atoms with Gasteiger partial charge in [0.05, 0.1) is 23.9 Å². The van der Waals surface area contributed by atoms with E-state index in [2.05, 4.69) is 23.6 Å². The summed E-state index contributed by atoms with van der Waals surface area (Å²) in [6.45, 7) is 10.6. The zero-order valence-electron chi connectivity index (χ0n) is 13.5. The Bertz CT molecular complexity index is 633. The Kier molecular flexibility index (Phi) is 3.95. The van der Waals surface area contributed by atoms with Crippen LogP contribution < -0.4 is 10.6 Å². The maximum Gasteiger partial charge on any atom is 0.229 e. The van der Waals surface area contributed by atoms with E-state index in [4.69, 9.17) is 5.26 Å². The molecule has 21 heavy (non-hydrogen) atoms. The van der Waals surface area contributed by atoms with E-state index in [-0.39, 0.29) is 5.91 Å². The number of hydrogen-bond acceptors (Lipinski definition) is 3. The van der Waals surface area contributed by atoms with Gasteiger partial charge in [-0.15, -0.1) is 0 Å². The molecule has 2 rings (SSSR count). The van der Waals surface area contributed by atoms with Crippen LogP contribution in [0, 0.1) is 30.6 Å². The van der Waals surface area contributed by atoms with E-state index in [1.165, 1.54) is 11.1 Å². The van der Waals surface area contributed by atoms with Crippen molar-refractivity contribution in [3.05, 3.63) is 22.3 Å². The average Bonchev–Trinajstić information content (AvgIpc) is 2.87. The molecule has 1 aromatic rings. The van der Waals surface area contributed by atoms with Crippen LogP contribution in [0.4, 0.5) is 11.4 Å². The summed E-state index contributed by atoms with van der Waals surface area (Å²) in [4.78, 5) is 12.3. The molecule has 4 heteroatoms. The van der Waals surface area contributed by atoms with Crippen molar-refractivity contribution in [2.24, 2.45) is 5.41 Å². The van der Waals surface area contributed by atoms with Gasteiger partial charge in [0.1, 0.15) is 0 Å². The van der Waals surface area contributed by atoms with Crippen molar-refractivity contribution in [2.45, 2.75) is 47.5 Å². The number of nitrogens with one attached hydrogen (secondary N) is 2. The molecule has 0 saturated heterocycles. The van der Waals surface area contributed by atoms with E-state index in [0.717, 1.165) is 35.5 Å². The predicted octanol–water partition coefficient (Wildman–Crippen LogP) is 3.32. The summed E-state index contributed by atoms with van der Waals surface area (Å²) in [6, 6.07) is 2.23. The third-order valence-corrected chi connectivity index (χ3v) is 4.14. The second-order valence-corrected chi connectivity index (χ2v) is 6.67. The molecule has 0 spiro atoms. The van der Waals surface area contributed by atoms with Crippen molar-refractivity contribution in [3.63, 3.8) is 0 Å². The second kappa shape index (κ2) is 5.40. The largest absolute Gasteiger partial charge is 0.383 e. The van der Waals surface area contributed by atoms with E-state index in [1.54, 1.807) is 0 Å². The van der Waals surface area contributed by atoms with Gasteiger partial charge >= 0.3 is 0 Å². The SMILES string of the molecule is Cc1c(CC#N)c(C)c(NC(=O)C(C)(C)C)c2c1CCN2. The lowest BCUT2D eigenvalue weighted by molar-refractivity contribution is -0.123. The highest BCUT2D eigenvalue weighted by Crippen LogP contribution is 2.39. The lowest BCUT2D eigenvalue weighted by Crippen LogP contribution is -2.28. The molecule has 1 aliphatic rings. The Balaban J connectivity index is 2.56. The van der Waals surface area contributed by atoms with Gasteiger partial charge in [0, 0.05) is 12.0 Å². The molecular weight excluding hydrogens is 262 g/mol. The minimum atomic E-state index is -0.446. The van der Waals surface area contributed by atoms with Crippen LogP contribution in [0.15, 0.2) is 0 Å². The number of hydrogen-bond donors (Lipinski definition) is 2. The molecule has 0 bridgehead atoms. The maximum atomic E-state index is 12.3. The van der Waals surface area contributed by atoms with Crippen molar-refractivity contribution in [2.75, 3.05) is 17.2 Å². The number of nitrogens with zero attached hydrogens (tertiary/aromatic N) is 1. The van der Waals surface area contributed by atoms with E-state index in [1.807, 2.05) is 27.7 Å². The smallest absolute Gasteiger partial charge is 0.229 e. The normalized spacial score (nSPS) is 13.3. The minimum Gasteiger partial charge on any atom is -0.383 e. The maximum absolute atomic E-state index is 12.3. The third kappa shape index (κ3) is 2.73. The number of anilines is 2. The van der Waals surface area contributed by atoms with Crippen LogP contribution in [0.2, 0.25) is 0 Å². The van der Waals surface area contributed by atoms with Gasteiger partial charge in [0.25, 0.3) is 0 Å². The van der Waals surface area contributed by atoms with E-state index in [9.17, 15) is 4.79 Å². The summed E-state index contributed by atoms with van der Waals surface area (Å²) >= 11 is 0. The Morgan fingerprint density at radius 3 is 2.57 bits per heavy atom. The van der Waals surface area contributed by atoms with E-state index in [0.29, 0.717) is 6.42 Å². The van der Waals surface area contributed by atoms with Crippen LogP contribution in [0.5, 0.6) is 0 Å². The molecule has 1 heterocycles. The van der Waals surface area contributed by atoms with Gasteiger partial charge in [-0.1, -0.05) is 20.8 Å². The van der Waals surface area contributed by atoms with E-state index >= 15 is 0 Å². The molecule has 1 aromatic carbocycles.